The van der Waals surface area contributed by atoms with Crippen LogP contribution in [0.25, 0.3) is 0 Å². The fourth-order valence-electron chi connectivity index (χ4n) is 2.47. The molecule has 6 heteroatoms. The zero-order chi connectivity index (χ0) is 14.5. The van der Waals surface area contributed by atoms with Gasteiger partial charge in [0.25, 0.3) is 0 Å². The van der Waals surface area contributed by atoms with E-state index in [9.17, 15) is 9.59 Å². The summed E-state index contributed by atoms with van der Waals surface area (Å²) >= 11 is 0. The van der Waals surface area contributed by atoms with Crippen molar-refractivity contribution in [1.29, 1.82) is 0 Å². The van der Waals surface area contributed by atoms with Crippen LogP contribution < -0.4 is 5.32 Å². The van der Waals surface area contributed by atoms with E-state index in [0.29, 0.717) is 25.9 Å². The maximum absolute atomic E-state index is 12.1. The highest BCUT2D eigenvalue weighted by Gasteiger charge is 2.31. The van der Waals surface area contributed by atoms with Gasteiger partial charge in [0.15, 0.2) is 0 Å². The van der Waals surface area contributed by atoms with Gasteiger partial charge in [0.05, 0.1) is 5.92 Å². The van der Waals surface area contributed by atoms with Crippen molar-refractivity contribution in [2.45, 2.75) is 39.2 Å². The lowest BCUT2D eigenvalue weighted by Gasteiger charge is -2.34. The molecule has 20 heavy (non-hydrogen) atoms. The van der Waals surface area contributed by atoms with Gasteiger partial charge in [-0.05, 0) is 26.3 Å². The summed E-state index contributed by atoms with van der Waals surface area (Å²) in [7, 11) is 0. The second-order valence-electron chi connectivity index (χ2n) is 5.50. The van der Waals surface area contributed by atoms with Crippen molar-refractivity contribution in [2.75, 3.05) is 13.1 Å². The van der Waals surface area contributed by atoms with E-state index in [1.165, 1.54) is 0 Å². The van der Waals surface area contributed by atoms with E-state index in [2.05, 4.69) is 15.5 Å². The summed E-state index contributed by atoms with van der Waals surface area (Å²) in [6.07, 6.45) is 3.56. The first-order chi connectivity index (χ1) is 9.58. The van der Waals surface area contributed by atoms with Gasteiger partial charge in [-0.15, -0.1) is 0 Å². The van der Waals surface area contributed by atoms with Crippen molar-refractivity contribution in [3.63, 3.8) is 0 Å². The number of aromatic amines is 1. The lowest BCUT2D eigenvalue weighted by atomic mass is 9.95. The van der Waals surface area contributed by atoms with Crippen molar-refractivity contribution >= 4 is 11.8 Å². The molecule has 110 valence electrons. The number of hydrogen-bond acceptors (Lipinski definition) is 3. The Balaban J connectivity index is 1.79. The molecule has 0 radical (unpaired) electrons. The lowest BCUT2D eigenvalue weighted by Crippen LogP contribution is -2.48. The minimum atomic E-state index is -0.0862. The van der Waals surface area contributed by atoms with Crippen LogP contribution in [0.3, 0.4) is 0 Å². The van der Waals surface area contributed by atoms with Gasteiger partial charge in [0.2, 0.25) is 11.8 Å². The normalized spacial score (nSPS) is 19.4. The summed E-state index contributed by atoms with van der Waals surface area (Å²) in [5.74, 6) is 0.112. The zero-order valence-corrected chi connectivity index (χ0v) is 12.1. The van der Waals surface area contributed by atoms with E-state index >= 15 is 0 Å². The highest BCUT2D eigenvalue weighted by atomic mass is 16.2. The van der Waals surface area contributed by atoms with Crippen molar-refractivity contribution < 1.29 is 9.59 Å². The highest BCUT2D eigenvalue weighted by Crippen LogP contribution is 2.19. The molecule has 1 fully saturated rings. The van der Waals surface area contributed by atoms with E-state index < -0.39 is 0 Å². The second-order valence-corrected chi connectivity index (χ2v) is 5.50. The van der Waals surface area contributed by atoms with Crippen molar-refractivity contribution in [3.8, 4) is 0 Å². The van der Waals surface area contributed by atoms with Crippen molar-refractivity contribution in [1.82, 2.24) is 20.4 Å². The second kappa shape index (κ2) is 6.54. The first-order valence-corrected chi connectivity index (χ1v) is 7.13. The molecule has 0 unspecified atom stereocenters. The van der Waals surface area contributed by atoms with Crippen molar-refractivity contribution in [3.05, 3.63) is 18.0 Å². The van der Waals surface area contributed by atoms with Gasteiger partial charge >= 0.3 is 0 Å². The Morgan fingerprint density at radius 1 is 1.60 bits per heavy atom. The lowest BCUT2D eigenvalue weighted by molar-refractivity contribution is -0.139. The van der Waals surface area contributed by atoms with Gasteiger partial charge in [-0.25, -0.2) is 0 Å². The van der Waals surface area contributed by atoms with E-state index in [1.54, 1.807) is 11.1 Å². The van der Waals surface area contributed by atoms with Crippen LogP contribution >= 0.6 is 0 Å². The largest absolute Gasteiger partial charge is 0.355 e. The Morgan fingerprint density at radius 2 is 2.40 bits per heavy atom. The number of likely N-dealkylation sites (tertiary alicyclic amines) is 1. The molecule has 0 aliphatic carbocycles. The van der Waals surface area contributed by atoms with E-state index in [4.69, 9.17) is 0 Å². The molecule has 0 spiro atoms. The van der Waals surface area contributed by atoms with Crippen LogP contribution in [0, 0.1) is 5.92 Å². The molecule has 2 N–H and O–H groups in total. The minimum absolute atomic E-state index is 0.0441. The third-order valence-electron chi connectivity index (χ3n) is 3.69. The number of nitrogens with one attached hydrogen (secondary N) is 2. The Hall–Kier alpha value is -1.85. The van der Waals surface area contributed by atoms with Crippen LogP contribution in [0.4, 0.5) is 0 Å². The van der Waals surface area contributed by atoms with Gasteiger partial charge in [-0.2, -0.15) is 5.10 Å². The fourth-order valence-corrected chi connectivity index (χ4v) is 2.47. The number of carbonyl (C=O) groups is 2. The smallest absolute Gasteiger partial charge is 0.224 e. The Kier molecular flexibility index (Phi) is 4.76. The molecule has 1 aliphatic rings. The predicted octanol–water partition coefficient (Wildman–Crippen LogP) is 0.715. The quantitative estimate of drug-likeness (QED) is 0.833. The number of aromatic nitrogens is 2. The molecule has 2 amide bonds. The monoisotopic (exact) mass is 278 g/mol. The molecule has 2 heterocycles. The fraction of sp³-hybridized carbons (Fsp3) is 0.643. The zero-order valence-electron chi connectivity index (χ0n) is 12.1. The summed E-state index contributed by atoms with van der Waals surface area (Å²) in [4.78, 5) is 25.7. The van der Waals surface area contributed by atoms with E-state index in [1.807, 2.05) is 19.9 Å². The maximum Gasteiger partial charge on any atom is 0.224 e. The Labute approximate surface area is 118 Å². The van der Waals surface area contributed by atoms with Gasteiger partial charge in [0, 0.05) is 43.9 Å². The van der Waals surface area contributed by atoms with Crippen LogP contribution in [0.15, 0.2) is 12.3 Å². The number of carbonyl (C=O) groups excluding carboxylic acids is 2. The summed E-state index contributed by atoms with van der Waals surface area (Å²) in [6.45, 7) is 5.09. The van der Waals surface area contributed by atoms with Gasteiger partial charge in [-0.1, -0.05) is 0 Å². The van der Waals surface area contributed by atoms with Crippen LogP contribution in [0.1, 0.15) is 32.4 Å². The molecule has 0 bridgehead atoms. The standard InChI is InChI=1S/C14H22N4O2/c1-10(2)18-9-11(3-4-13(18)19)14(20)15-7-5-12-6-8-16-17-12/h6,8,10-11H,3-5,7,9H2,1-2H3,(H,15,20)(H,16,17)/t11-/m1/s1. The van der Waals surface area contributed by atoms with Crippen LogP contribution in [0.2, 0.25) is 0 Å². The molecule has 1 aromatic heterocycles. The van der Waals surface area contributed by atoms with Crippen LogP contribution in [-0.4, -0.2) is 46.0 Å². The molecule has 1 aliphatic heterocycles. The van der Waals surface area contributed by atoms with Gasteiger partial charge in [-0.3, -0.25) is 14.7 Å². The summed E-state index contributed by atoms with van der Waals surface area (Å²) < 4.78 is 0. The molecule has 2 rings (SSSR count). The van der Waals surface area contributed by atoms with Gasteiger partial charge in [0.1, 0.15) is 0 Å². The number of amides is 2. The Morgan fingerprint density at radius 3 is 3.05 bits per heavy atom. The molecule has 6 nitrogen and oxygen atoms in total. The third kappa shape index (κ3) is 3.59. The molecule has 0 saturated carbocycles. The summed E-state index contributed by atoms with van der Waals surface area (Å²) in [5.41, 5.74) is 1.01. The summed E-state index contributed by atoms with van der Waals surface area (Å²) in [5, 5.41) is 9.67. The number of piperidine rings is 1. The molecule has 1 saturated heterocycles. The van der Waals surface area contributed by atoms with Crippen LogP contribution in [0.5, 0.6) is 0 Å². The highest BCUT2D eigenvalue weighted by molar-refractivity contribution is 5.83. The summed E-state index contributed by atoms with van der Waals surface area (Å²) in [6, 6.07) is 2.05. The number of rotatable bonds is 5. The maximum atomic E-state index is 12.1. The number of nitrogens with zero attached hydrogens (tertiary/aromatic N) is 2. The predicted molar refractivity (Wildman–Crippen MR) is 74.9 cm³/mol. The molecule has 1 aromatic rings. The first kappa shape index (κ1) is 14.6. The van der Waals surface area contributed by atoms with Crippen molar-refractivity contribution in [2.24, 2.45) is 5.92 Å². The van der Waals surface area contributed by atoms with E-state index in [-0.39, 0.29) is 23.8 Å². The van der Waals surface area contributed by atoms with Gasteiger partial charge < -0.3 is 10.2 Å². The Bertz CT molecular complexity index is 456. The number of H-pyrrole nitrogens is 1. The topological polar surface area (TPSA) is 78.1 Å². The number of hydrogen-bond donors (Lipinski definition) is 2. The molecular formula is C14H22N4O2. The average molecular weight is 278 g/mol. The molecule has 0 aromatic carbocycles. The third-order valence-corrected chi connectivity index (χ3v) is 3.69. The first-order valence-electron chi connectivity index (χ1n) is 7.13. The molecule has 1 atom stereocenters. The molecular weight excluding hydrogens is 256 g/mol. The van der Waals surface area contributed by atoms with E-state index in [0.717, 1.165) is 12.1 Å². The minimum Gasteiger partial charge on any atom is -0.355 e. The average Bonchev–Trinajstić information content (AvgIpc) is 2.92. The van der Waals surface area contributed by atoms with Crippen LogP contribution in [-0.2, 0) is 16.0 Å². The SMILES string of the molecule is CC(C)N1C[C@H](C(=O)NCCc2ccn[nH]2)CCC1=O.